The van der Waals surface area contributed by atoms with Crippen LogP contribution < -0.4 is 0 Å². The van der Waals surface area contributed by atoms with Gasteiger partial charge in [-0.25, -0.2) is 9.74 Å². The highest BCUT2D eigenvalue weighted by Gasteiger charge is 2.10. The summed E-state index contributed by atoms with van der Waals surface area (Å²) in [6.45, 7) is 3.56. The van der Waals surface area contributed by atoms with E-state index in [-0.39, 0.29) is 5.56 Å². The predicted octanol–water partition coefficient (Wildman–Crippen LogP) is 2.34. The SMILES string of the molecule is Cc1ccc(C)c(C(=O)OF)c1. The predicted molar refractivity (Wildman–Crippen MR) is 42.4 cm³/mol. The van der Waals surface area contributed by atoms with Crippen molar-refractivity contribution in [1.82, 2.24) is 0 Å². The van der Waals surface area contributed by atoms with Gasteiger partial charge < -0.3 is 0 Å². The highest BCUT2D eigenvalue weighted by atomic mass is 19.3. The molecule has 0 saturated carbocycles. The summed E-state index contributed by atoms with van der Waals surface area (Å²) in [5.41, 5.74) is 1.89. The molecule has 2 nitrogen and oxygen atoms in total. The molecule has 0 aliphatic heterocycles. The van der Waals surface area contributed by atoms with Gasteiger partial charge in [-0.05, 0) is 25.5 Å². The van der Waals surface area contributed by atoms with Crippen LogP contribution in [0.5, 0.6) is 0 Å². The topological polar surface area (TPSA) is 26.3 Å². The van der Waals surface area contributed by atoms with Gasteiger partial charge in [0, 0.05) is 4.53 Å². The summed E-state index contributed by atoms with van der Waals surface area (Å²) in [7, 11) is 0. The molecular weight excluding hydrogens is 159 g/mol. The molecule has 12 heavy (non-hydrogen) atoms. The molecule has 0 unspecified atom stereocenters. The first-order chi connectivity index (χ1) is 5.65. The van der Waals surface area contributed by atoms with Crippen molar-refractivity contribution < 1.29 is 14.3 Å². The number of aryl methyl sites for hydroxylation is 2. The van der Waals surface area contributed by atoms with Crippen LogP contribution >= 0.6 is 0 Å². The molecule has 1 aromatic rings. The largest absolute Gasteiger partial charge is 0.379 e. The number of hydrogen-bond acceptors (Lipinski definition) is 2. The van der Waals surface area contributed by atoms with E-state index in [1.165, 1.54) is 0 Å². The Hall–Kier alpha value is -1.38. The van der Waals surface area contributed by atoms with Gasteiger partial charge in [0.2, 0.25) is 0 Å². The standard InChI is InChI=1S/C9H9FO2/c1-6-3-4-7(2)8(5-6)9(11)12-10/h3-5H,1-2H3. The van der Waals surface area contributed by atoms with E-state index in [9.17, 15) is 9.32 Å². The third-order valence-electron chi connectivity index (χ3n) is 1.68. The summed E-state index contributed by atoms with van der Waals surface area (Å²) in [6.07, 6.45) is 0. The first-order valence-corrected chi connectivity index (χ1v) is 3.55. The van der Waals surface area contributed by atoms with Crippen molar-refractivity contribution in [3.05, 3.63) is 34.9 Å². The van der Waals surface area contributed by atoms with E-state index < -0.39 is 5.97 Å². The summed E-state index contributed by atoms with van der Waals surface area (Å²) in [5, 5.41) is 0. The van der Waals surface area contributed by atoms with Crippen LogP contribution in [0.25, 0.3) is 0 Å². The second-order valence-electron chi connectivity index (χ2n) is 2.68. The molecule has 64 valence electrons. The van der Waals surface area contributed by atoms with E-state index >= 15 is 0 Å². The van der Waals surface area contributed by atoms with Crippen molar-refractivity contribution in [2.24, 2.45) is 0 Å². The Morgan fingerprint density at radius 3 is 2.67 bits per heavy atom. The van der Waals surface area contributed by atoms with Crippen molar-refractivity contribution in [3.63, 3.8) is 0 Å². The second-order valence-corrected chi connectivity index (χ2v) is 2.68. The maximum atomic E-state index is 11.5. The number of carbonyl (C=O) groups is 1. The van der Waals surface area contributed by atoms with Gasteiger partial charge >= 0.3 is 5.97 Å². The fourth-order valence-corrected chi connectivity index (χ4v) is 0.997. The second kappa shape index (κ2) is 3.34. The quantitative estimate of drug-likeness (QED) is 0.643. The summed E-state index contributed by atoms with van der Waals surface area (Å²) in [6, 6.07) is 5.20. The summed E-state index contributed by atoms with van der Waals surface area (Å²) in [4.78, 5) is 13.9. The van der Waals surface area contributed by atoms with E-state index in [1.807, 2.05) is 13.0 Å². The van der Waals surface area contributed by atoms with Gasteiger partial charge in [0.1, 0.15) is 0 Å². The molecule has 0 aliphatic carbocycles. The Labute approximate surface area is 69.9 Å². The molecule has 0 radical (unpaired) electrons. The molecule has 0 spiro atoms. The van der Waals surface area contributed by atoms with Crippen LogP contribution in [0.3, 0.4) is 0 Å². The minimum absolute atomic E-state index is 0.275. The van der Waals surface area contributed by atoms with E-state index in [1.54, 1.807) is 19.1 Å². The van der Waals surface area contributed by atoms with Gasteiger partial charge in [-0.1, -0.05) is 17.7 Å². The zero-order chi connectivity index (χ0) is 9.14. The summed E-state index contributed by atoms with van der Waals surface area (Å²) >= 11 is 0. The van der Waals surface area contributed by atoms with Crippen LogP contribution in [0, 0.1) is 13.8 Å². The lowest BCUT2D eigenvalue weighted by molar-refractivity contribution is -0.0788. The summed E-state index contributed by atoms with van der Waals surface area (Å²) < 4.78 is 11.5. The van der Waals surface area contributed by atoms with E-state index in [0.717, 1.165) is 5.56 Å². The monoisotopic (exact) mass is 168 g/mol. The maximum Gasteiger partial charge on any atom is 0.379 e. The Balaban J connectivity index is 3.13. The van der Waals surface area contributed by atoms with Crippen LogP contribution in [0.15, 0.2) is 18.2 Å². The average Bonchev–Trinajstić information content (AvgIpc) is 2.08. The Bertz CT molecular complexity index is 307. The van der Waals surface area contributed by atoms with Crippen LogP contribution in [0.4, 0.5) is 4.53 Å². The molecule has 0 heterocycles. The number of halogens is 1. The van der Waals surface area contributed by atoms with Crippen molar-refractivity contribution >= 4 is 5.97 Å². The maximum absolute atomic E-state index is 11.5. The van der Waals surface area contributed by atoms with Crippen molar-refractivity contribution in [2.45, 2.75) is 13.8 Å². The Morgan fingerprint density at radius 2 is 2.08 bits per heavy atom. The van der Waals surface area contributed by atoms with E-state index in [0.29, 0.717) is 5.56 Å². The van der Waals surface area contributed by atoms with E-state index in [2.05, 4.69) is 4.94 Å². The number of benzene rings is 1. The van der Waals surface area contributed by atoms with Crippen molar-refractivity contribution in [1.29, 1.82) is 0 Å². The third kappa shape index (κ3) is 1.61. The normalized spacial score (nSPS) is 9.58. The Kier molecular flexibility index (Phi) is 2.43. The lowest BCUT2D eigenvalue weighted by Crippen LogP contribution is -2.01. The smallest absolute Gasteiger partial charge is 0.249 e. The van der Waals surface area contributed by atoms with Gasteiger partial charge in [0.15, 0.2) is 0 Å². The number of hydrogen-bond donors (Lipinski definition) is 0. The van der Waals surface area contributed by atoms with Gasteiger partial charge in [-0.2, -0.15) is 0 Å². The minimum Gasteiger partial charge on any atom is -0.249 e. The zero-order valence-corrected chi connectivity index (χ0v) is 6.93. The van der Waals surface area contributed by atoms with Gasteiger partial charge in [0.05, 0.1) is 5.56 Å². The lowest BCUT2D eigenvalue weighted by Gasteiger charge is -2.01. The molecule has 0 N–H and O–H groups in total. The minimum atomic E-state index is -0.934. The Morgan fingerprint density at radius 1 is 1.42 bits per heavy atom. The van der Waals surface area contributed by atoms with Crippen molar-refractivity contribution in [2.75, 3.05) is 0 Å². The van der Waals surface area contributed by atoms with Crippen LogP contribution in [-0.4, -0.2) is 5.97 Å². The molecule has 0 aliphatic rings. The van der Waals surface area contributed by atoms with Crippen LogP contribution in [0.1, 0.15) is 21.5 Å². The molecular formula is C9H9FO2. The van der Waals surface area contributed by atoms with Gasteiger partial charge in [0.25, 0.3) is 0 Å². The first-order valence-electron chi connectivity index (χ1n) is 3.55. The first kappa shape index (κ1) is 8.71. The lowest BCUT2D eigenvalue weighted by atomic mass is 10.1. The highest BCUT2D eigenvalue weighted by molar-refractivity contribution is 5.90. The van der Waals surface area contributed by atoms with Gasteiger partial charge in [-0.3, -0.25) is 0 Å². The zero-order valence-electron chi connectivity index (χ0n) is 6.93. The highest BCUT2D eigenvalue weighted by Crippen LogP contribution is 2.11. The molecule has 0 bridgehead atoms. The molecule has 1 rings (SSSR count). The van der Waals surface area contributed by atoms with Gasteiger partial charge in [-0.15, -0.1) is 0 Å². The van der Waals surface area contributed by atoms with E-state index in [4.69, 9.17) is 0 Å². The third-order valence-corrected chi connectivity index (χ3v) is 1.68. The van der Waals surface area contributed by atoms with Crippen LogP contribution in [-0.2, 0) is 4.94 Å². The molecule has 0 aromatic heterocycles. The average molecular weight is 168 g/mol. The van der Waals surface area contributed by atoms with Crippen molar-refractivity contribution in [3.8, 4) is 0 Å². The summed E-state index contributed by atoms with van der Waals surface area (Å²) in [5.74, 6) is -0.934. The fourth-order valence-electron chi connectivity index (χ4n) is 0.997. The number of rotatable bonds is 1. The molecule has 0 atom stereocenters. The van der Waals surface area contributed by atoms with Crippen LogP contribution in [0.2, 0.25) is 0 Å². The molecule has 0 fully saturated rings. The molecule has 1 aromatic carbocycles. The molecule has 0 saturated heterocycles. The fraction of sp³-hybridized carbons (Fsp3) is 0.222. The number of carbonyl (C=O) groups excluding carboxylic acids is 1. The molecule has 3 heteroatoms. The molecule has 0 amide bonds.